The fraction of sp³-hybridized carbons (Fsp3) is 0.417. The Balaban J connectivity index is 2.57. The Kier molecular flexibility index (Phi) is 6.00. The van der Waals surface area contributed by atoms with Crippen molar-refractivity contribution in [2.75, 3.05) is 12.3 Å². The van der Waals surface area contributed by atoms with Crippen LogP contribution in [0.4, 0.5) is 4.39 Å². The van der Waals surface area contributed by atoms with Crippen LogP contribution in [-0.4, -0.2) is 18.2 Å². The Bertz CT molecular complexity index is 385. The molecule has 94 valence electrons. The van der Waals surface area contributed by atoms with Crippen LogP contribution in [0.1, 0.15) is 18.9 Å². The number of benzene rings is 1. The summed E-state index contributed by atoms with van der Waals surface area (Å²) in [7, 11) is 0. The fourth-order valence-corrected chi connectivity index (χ4v) is 2.25. The van der Waals surface area contributed by atoms with Crippen molar-refractivity contribution in [2.45, 2.75) is 24.8 Å². The van der Waals surface area contributed by atoms with Crippen LogP contribution in [-0.2, 0) is 11.3 Å². The van der Waals surface area contributed by atoms with Gasteiger partial charge in [0.05, 0.1) is 5.75 Å². The Hall–Kier alpha value is -1.07. The number of halogens is 1. The summed E-state index contributed by atoms with van der Waals surface area (Å²) in [6, 6.07) is 4.78. The molecule has 0 aliphatic heterocycles. The lowest BCUT2D eigenvalue weighted by Crippen LogP contribution is -2.25. The van der Waals surface area contributed by atoms with Crippen LogP contribution in [0.15, 0.2) is 23.1 Å². The SMILES string of the molecule is CCCNC(=O)CSc1cccc(F)c1CN. The van der Waals surface area contributed by atoms with Crippen molar-refractivity contribution in [3.63, 3.8) is 0 Å². The zero-order chi connectivity index (χ0) is 12.7. The molecule has 0 radical (unpaired) electrons. The van der Waals surface area contributed by atoms with Gasteiger partial charge in [0, 0.05) is 23.5 Å². The highest BCUT2D eigenvalue weighted by Gasteiger charge is 2.09. The van der Waals surface area contributed by atoms with E-state index in [9.17, 15) is 9.18 Å². The van der Waals surface area contributed by atoms with Gasteiger partial charge in [0.1, 0.15) is 5.82 Å². The molecular formula is C12H17FN2OS. The summed E-state index contributed by atoms with van der Waals surface area (Å²) in [5, 5.41) is 2.77. The summed E-state index contributed by atoms with van der Waals surface area (Å²) in [5.41, 5.74) is 5.96. The van der Waals surface area contributed by atoms with Crippen molar-refractivity contribution in [1.82, 2.24) is 5.32 Å². The second kappa shape index (κ2) is 7.29. The first kappa shape index (κ1) is 14.0. The van der Waals surface area contributed by atoms with E-state index in [4.69, 9.17) is 5.73 Å². The molecule has 1 amide bonds. The van der Waals surface area contributed by atoms with Gasteiger partial charge in [-0.15, -0.1) is 11.8 Å². The molecule has 3 nitrogen and oxygen atoms in total. The predicted octanol–water partition coefficient (Wildman–Crippen LogP) is 1.90. The van der Waals surface area contributed by atoms with Gasteiger partial charge in [-0.1, -0.05) is 13.0 Å². The van der Waals surface area contributed by atoms with Gasteiger partial charge in [-0.3, -0.25) is 4.79 Å². The first-order valence-electron chi connectivity index (χ1n) is 5.56. The van der Waals surface area contributed by atoms with Crippen molar-refractivity contribution >= 4 is 17.7 Å². The van der Waals surface area contributed by atoms with E-state index in [2.05, 4.69) is 5.32 Å². The highest BCUT2D eigenvalue weighted by atomic mass is 32.2. The quantitative estimate of drug-likeness (QED) is 0.764. The molecule has 0 atom stereocenters. The average Bonchev–Trinajstić information content (AvgIpc) is 2.33. The maximum Gasteiger partial charge on any atom is 0.230 e. The van der Waals surface area contributed by atoms with E-state index in [1.807, 2.05) is 6.92 Å². The summed E-state index contributed by atoms with van der Waals surface area (Å²) >= 11 is 1.31. The third-order valence-corrected chi connectivity index (χ3v) is 3.31. The maximum atomic E-state index is 13.4. The number of carbonyl (C=O) groups excluding carboxylic acids is 1. The van der Waals surface area contributed by atoms with Crippen LogP contribution in [0.3, 0.4) is 0 Å². The highest BCUT2D eigenvalue weighted by molar-refractivity contribution is 8.00. The molecule has 0 aromatic heterocycles. The van der Waals surface area contributed by atoms with E-state index in [0.717, 1.165) is 11.3 Å². The molecular weight excluding hydrogens is 239 g/mol. The van der Waals surface area contributed by atoms with E-state index in [-0.39, 0.29) is 24.0 Å². The lowest BCUT2D eigenvalue weighted by atomic mass is 10.2. The van der Waals surface area contributed by atoms with E-state index in [0.29, 0.717) is 12.1 Å². The second-order valence-corrected chi connectivity index (χ2v) is 4.58. The van der Waals surface area contributed by atoms with Gasteiger partial charge in [-0.2, -0.15) is 0 Å². The Morgan fingerprint density at radius 2 is 2.29 bits per heavy atom. The van der Waals surface area contributed by atoms with Gasteiger partial charge in [0.25, 0.3) is 0 Å². The zero-order valence-corrected chi connectivity index (χ0v) is 10.6. The van der Waals surface area contributed by atoms with Gasteiger partial charge in [-0.25, -0.2) is 4.39 Å². The van der Waals surface area contributed by atoms with Gasteiger partial charge < -0.3 is 11.1 Å². The second-order valence-electron chi connectivity index (χ2n) is 3.56. The molecule has 17 heavy (non-hydrogen) atoms. The Labute approximate surface area is 105 Å². The Morgan fingerprint density at radius 1 is 1.53 bits per heavy atom. The molecule has 0 saturated heterocycles. The number of hydrogen-bond donors (Lipinski definition) is 2. The molecule has 0 heterocycles. The monoisotopic (exact) mass is 256 g/mol. The van der Waals surface area contributed by atoms with Crippen LogP contribution < -0.4 is 11.1 Å². The molecule has 1 rings (SSSR count). The molecule has 1 aromatic carbocycles. The average molecular weight is 256 g/mol. The number of hydrogen-bond acceptors (Lipinski definition) is 3. The minimum absolute atomic E-state index is 0.0379. The van der Waals surface area contributed by atoms with Crippen LogP contribution in [0.2, 0.25) is 0 Å². The topological polar surface area (TPSA) is 55.1 Å². The van der Waals surface area contributed by atoms with Crippen LogP contribution in [0, 0.1) is 5.82 Å². The molecule has 1 aromatic rings. The lowest BCUT2D eigenvalue weighted by Gasteiger charge is -2.08. The van der Waals surface area contributed by atoms with E-state index in [1.165, 1.54) is 17.8 Å². The van der Waals surface area contributed by atoms with Crippen molar-refractivity contribution in [1.29, 1.82) is 0 Å². The van der Waals surface area contributed by atoms with Crippen LogP contribution in [0.5, 0.6) is 0 Å². The number of rotatable bonds is 6. The largest absolute Gasteiger partial charge is 0.355 e. The summed E-state index contributed by atoms with van der Waals surface area (Å²) in [4.78, 5) is 12.1. The summed E-state index contributed by atoms with van der Waals surface area (Å²) < 4.78 is 13.4. The maximum absolute atomic E-state index is 13.4. The molecule has 3 N–H and O–H groups in total. The molecule has 0 fully saturated rings. The minimum Gasteiger partial charge on any atom is -0.355 e. The van der Waals surface area contributed by atoms with E-state index < -0.39 is 0 Å². The van der Waals surface area contributed by atoms with Gasteiger partial charge in [0.2, 0.25) is 5.91 Å². The minimum atomic E-state index is -0.313. The molecule has 0 saturated carbocycles. The number of nitrogens with two attached hydrogens (primary N) is 1. The lowest BCUT2D eigenvalue weighted by molar-refractivity contribution is -0.118. The normalized spacial score (nSPS) is 10.3. The summed E-state index contributed by atoms with van der Waals surface area (Å²) in [6.07, 6.45) is 0.907. The molecule has 0 aliphatic carbocycles. The number of carbonyl (C=O) groups is 1. The smallest absolute Gasteiger partial charge is 0.230 e. The van der Waals surface area contributed by atoms with Crippen LogP contribution in [0.25, 0.3) is 0 Å². The van der Waals surface area contributed by atoms with Crippen molar-refractivity contribution in [3.8, 4) is 0 Å². The van der Waals surface area contributed by atoms with Gasteiger partial charge >= 0.3 is 0 Å². The van der Waals surface area contributed by atoms with E-state index in [1.54, 1.807) is 12.1 Å². The Morgan fingerprint density at radius 3 is 2.94 bits per heavy atom. The number of nitrogens with one attached hydrogen (secondary N) is 1. The number of thioether (sulfide) groups is 1. The molecule has 0 unspecified atom stereocenters. The molecule has 0 bridgehead atoms. The van der Waals surface area contributed by atoms with Gasteiger partial charge in [-0.05, 0) is 18.6 Å². The first-order valence-corrected chi connectivity index (χ1v) is 6.54. The third-order valence-electron chi connectivity index (χ3n) is 2.21. The zero-order valence-electron chi connectivity index (χ0n) is 9.83. The molecule has 0 aliphatic rings. The number of amides is 1. The molecule has 5 heteroatoms. The van der Waals surface area contributed by atoms with Crippen molar-refractivity contribution in [2.24, 2.45) is 5.73 Å². The summed E-state index contributed by atoms with van der Waals surface area (Å²) in [6.45, 7) is 2.81. The highest BCUT2D eigenvalue weighted by Crippen LogP contribution is 2.24. The standard InChI is InChI=1S/C12H17FN2OS/c1-2-6-15-12(16)8-17-11-5-3-4-10(13)9(11)7-14/h3-5H,2,6-8,14H2,1H3,(H,15,16). The van der Waals surface area contributed by atoms with Crippen LogP contribution >= 0.6 is 11.8 Å². The fourth-order valence-electron chi connectivity index (χ4n) is 1.33. The van der Waals surface area contributed by atoms with E-state index >= 15 is 0 Å². The molecule has 0 spiro atoms. The van der Waals surface area contributed by atoms with Gasteiger partial charge in [0.15, 0.2) is 0 Å². The first-order chi connectivity index (χ1) is 8.19. The predicted molar refractivity (Wildman–Crippen MR) is 68.3 cm³/mol. The summed E-state index contributed by atoms with van der Waals surface area (Å²) in [5.74, 6) is -0.0632. The van der Waals surface area contributed by atoms with Crippen molar-refractivity contribution < 1.29 is 9.18 Å². The third kappa shape index (κ3) is 4.36. The van der Waals surface area contributed by atoms with Crippen molar-refractivity contribution in [3.05, 3.63) is 29.6 Å².